The van der Waals surface area contributed by atoms with Crippen LogP contribution in [0.3, 0.4) is 0 Å². The quantitative estimate of drug-likeness (QED) is 0.545. The van der Waals surface area contributed by atoms with E-state index < -0.39 is 11.7 Å². The summed E-state index contributed by atoms with van der Waals surface area (Å²) in [4.78, 5) is 12.6. The van der Waals surface area contributed by atoms with Crippen LogP contribution < -0.4 is 10.1 Å². The molecule has 4 rings (SSSR count). The van der Waals surface area contributed by atoms with Crippen LogP contribution in [0.4, 0.5) is 10.1 Å². The molecule has 29 heavy (non-hydrogen) atoms. The van der Waals surface area contributed by atoms with Crippen LogP contribution in [0.25, 0.3) is 16.8 Å². The van der Waals surface area contributed by atoms with Gasteiger partial charge < -0.3 is 10.1 Å². The minimum atomic E-state index is -0.567. The molecule has 0 aliphatic rings. The van der Waals surface area contributed by atoms with E-state index in [2.05, 4.69) is 20.6 Å². The summed E-state index contributed by atoms with van der Waals surface area (Å²) in [6.07, 6.45) is 1.65. The fraction of sp³-hybridized carbons (Fsp3) is 0.100. The summed E-state index contributed by atoms with van der Waals surface area (Å²) in [5.41, 5.74) is 2.98. The lowest BCUT2D eigenvalue weighted by molar-refractivity contribution is 0.102. The van der Waals surface area contributed by atoms with E-state index >= 15 is 0 Å². The second-order valence-corrected chi connectivity index (χ2v) is 6.62. The van der Waals surface area contributed by atoms with Crippen molar-refractivity contribution in [1.29, 1.82) is 0 Å². The van der Waals surface area contributed by atoms with E-state index in [1.54, 1.807) is 24.7 Å². The third-order valence-electron chi connectivity index (χ3n) is 4.44. The number of nitrogens with one attached hydrogen (secondary N) is 1. The standard InChI is InChI=1S/C20H15ClFN5O2/c1-11-18(20(28)24-12-7-8-16(22)15(21)9-12)25-26-19-14(10-23-27(11)19)13-5-3-4-6-17(13)29-2/h3-10H,1-2H3,(H,24,28). The van der Waals surface area contributed by atoms with E-state index in [4.69, 9.17) is 16.3 Å². The van der Waals surface area contributed by atoms with Gasteiger partial charge in [-0.3, -0.25) is 4.79 Å². The highest BCUT2D eigenvalue weighted by Crippen LogP contribution is 2.32. The van der Waals surface area contributed by atoms with Crippen LogP contribution in [-0.4, -0.2) is 32.8 Å². The molecule has 0 bridgehead atoms. The lowest BCUT2D eigenvalue weighted by atomic mass is 10.1. The van der Waals surface area contributed by atoms with Gasteiger partial charge in [0.2, 0.25) is 0 Å². The minimum Gasteiger partial charge on any atom is -0.496 e. The summed E-state index contributed by atoms with van der Waals surface area (Å²) in [5.74, 6) is -0.395. The van der Waals surface area contributed by atoms with Gasteiger partial charge >= 0.3 is 0 Å². The van der Waals surface area contributed by atoms with Crippen LogP contribution in [0.15, 0.2) is 48.7 Å². The molecule has 1 N–H and O–H groups in total. The number of rotatable bonds is 4. The Morgan fingerprint density at radius 1 is 1.17 bits per heavy atom. The average molecular weight is 412 g/mol. The van der Waals surface area contributed by atoms with Gasteiger partial charge in [0.25, 0.3) is 5.91 Å². The van der Waals surface area contributed by atoms with Gasteiger partial charge in [-0.2, -0.15) is 5.10 Å². The van der Waals surface area contributed by atoms with Crippen molar-refractivity contribution in [3.63, 3.8) is 0 Å². The molecule has 2 heterocycles. The number of hydrogen-bond acceptors (Lipinski definition) is 5. The molecule has 0 aliphatic carbocycles. The van der Waals surface area contributed by atoms with Crippen molar-refractivity contribution >= 4 is 28.8 Å². The van der Waals surface area contributed by atoms with Gasteiger partial charge in [0, 0.05) is 11.3 Å². The monoisotopic (exact) mass is 411 g/mol. The number of aryl methyl sites for hydroxylation is 1. The number of anilines is 1. The Labute approximate surface area is 170 Å². The SMILES string of the molecule is COc1ccccc1-c1cnn2c(C)c(C(=O)Nc3ccc(F)c(Cl)c3)nnc12. The highest BCUT2D eigenvalue weighted by atomic mass is 35.5. The Morgan fingerprint density at radius 2 is 1.97 bits per heavy atom. The van der Waals surface area contributed by atoms with Gasteiger partial charge in [0.1, 0.15) is 11.6 Å². The topological polar surface area (TPSA) is 81.4 Å². The number of amides is 1. The maximum Gasteiger partial charge on any atom is 0.278 e. The number of methoxy groups -OCH3 is 1. The van der Waals surface area contributed by atoms with Gasteiger partial charge in [0.15, 0.2) is 11.3 Å². The number of ether oxygens (including phenoxy) is 1. The van der Waals surface area contributed by atoms with Crippen LogP contribution in [0.2, 0.25) is 5.02 Å². The van der Waals surface area contributed by atoms with Crippen molar-refractivity contribution in [3.8, 4) is 16.9 Å². The second kappa shape index (κ2) is 7.48. The molecule has 0 saturated heterocycles. The van der Waals surface area contributed by atoms with E-state index in [1.165, 1.54) is 18.2 Å². The van der Waals surface area contributed by atoms with Crippen molar-refractivity contribution in [2.45, 2.75) is 6.92 Å². The second-order valence-electron chi connectivity index (χ2n) is 6.21. The molecule has 0 saturated carbocycles. The van der Waals surface area contributed by atoms with Crippen molar-refractivity contribution in [3.05, 3.63) is 70.9 Å². The molecule has 2 aromatic heterocycles. The van der Waals surface area contributed by atoms with Gasteiger partial charge in [-0.1, -0.05) is 29.8 Å². The van der Waals surface area contributed by atoms with E-state index in [1.807, 2.05) is 24.3 Å². The number of hydrogen-bond donors (Lipinski definition) is 1. The minimum absolute atomic E-state index is 0.0883. The van der Waals surface area contributed by atoms with Crippen molar-refractivity contribution in [2.24, 2.45) is 0 Å². The average Bonchev–Trinajstić information content (AvgIpc) is 3.15. The zero-order valence-corrected chi connectivity index (χ0v) is 16.2. The first kappa shape index (κ1) is 18.8. The zero-order chi connectivity index (χ0) is 20.5. The molecular weight excluding hydrogens is 397 g/mol. The number of fused-ring (bicyclic) bond motifs is 1. The Bertz CT molecular complexity index is 1240. The molecular formula is C20H15ClFN5O2. The fourth-order valence-corrected chi connectivity index (χ4v) is 3.17. The zero-order valence-electron chi connectivity index (χ0n) is 15.5. The summed E-state index contributed by atoms with van der Waals surface area (Å²) in [7, 11) is 1.59. The number of nitrogens with zero attached hydrogens (tertiary/aromatic N) is 4. The lowest BCUT2D eigenvalue weighted by Gasteiger charge is -2.09. The van der Waals surface area contributed by atoms with E-state index in [0.29, 0.717) is 22.8 Å². The maximum atomic E-state index is 13.3. The molecule has 0 fully saturated rings. The van der Waals surface area contributed by atoms with Crippen molar-refractivity contribution in [1.82, 2.24) is 19.8 Å². The Hall–Kier alpha value is -3.52. The number of halogens is 2. The van der Waals surface area contributed by atoms with Crippen LogP contribution in [0.1, 0.15) is 16.2 Å². The van der Waals surface area contributed by atoms with E-state index in [9.17, 15) is 9.18 Å². The highest BCUT2D eigenvalue weighted by Gasteiger charge is 2.19. The molecule has 0 unspecified atom stereocenters. The molecule has 0 radical (unpaired) electrons. The molecule has 0 atom stereocenters. The molecule has 0 aliphatic heterocycles. The predicted molar refractivity (Wildman–Crippen MR) is 107 cm³/mol. The highest BCUT2D eigenvalue weighted by molar-refractivity contribution is 6.31. The van der Waals surface area contributed by atoms with Crippen LogP contribution in [0, 0.1) is 12.7 Å². The number of carbonyl (C=O) groups excluding carboxylic acids is 1. The largest absolute Gasteiger partial charge is 0.496 e. The Kier molecular flexibility index (Phi) is 4.85. The third kappa shape index (κ3) is 3.38. The Morgan fingerprint density at radius 3 is 2.72 bits per heavy atom. The van der Waals surface area contributed by atoms with E-state index in [0.717, 1.165) is 11.1 Å². The normalized spacial score (nSPS) is 10.9. The molecule has 146 valence electrons. The number of aromatic nitrogens is 4. The number of carbonyl (C=O) groups is 1. The van der Waals surface area contributed by atoms with Gasteiger partial charge in [-0.05, 0) is 31.2 Å². The Balaban J connectivity index is 1.71. The van der Waals surface area contributed by atoms with Crippen molar-refractivity contribution < 1.29 is 13.9 Å². The predicted octanol–water partition coefficient (Wildman–Crippen LogP) is 4.15. The summed E-state index contributed by atoms with van der Waals surface area (Å²) in [6.45, 7) is 1.72. The van der Waals surface area contributed by atoms with Crippen LogP contribution >= 0.6 is 11.6 Å². The first-order valence-electron chi connectivity index (χ1n) is 8.60. The molecule has 0 spiro atoms. The van der Waals surface area contributed by atoms with Crippen LogP contribution in [-0.2, 0) is 0 Å². The first-order chi connectivity index (χ1) is 14.0. The lowest BCUT2D eigenvalue weighted by Crippen LogP contribution is -2.18. The molecule has 9 heteroatoms. The number of para-hydroxylation sites is 1. The molecule has 2 aromatic carbocycles. The smallest absolute Gasteiger partial charge is 0.278 e. The van der Waals surface area contributed by atoms with E-state index in [-0.39, 0.29) is 10.7 Å². The van der Waals surface area contributed by atoms with Gasteiger partial charge in [-0.25, -0.2) is 8.91 Å². The van der Waals surface area contributed by atoms with Gasteiger partial charge in [0.05, 0.1) is 29.6 Å². The summed E-state index contributed by atoms with van der Waals surface area (Å²) < 4.78 is 20.3. The number of benzene rings is 2. The first-order valence-corrected chi connectivity index (χ1v) is 8.98. The van der Waals surface area contributed by atoms with Crippen LogP contribution in [0.5, 0.6) is 5.75 Å². The maximum absolute atomic E-state index is 13.3. The summed E-state index contributed by atoms with van der Waals surface area (Å²) in [5, 5.41) is 15.2. The van der Waals surface area contributed by atoms with Crippen molar-refractivity contribution in [2.75, 3.05) is 12.4 Å². The molecule has 4 aromatic rings. The molecule has 7 nitrogen and oxygen atoms in total. The summed E-state index contributed by atoms with van der Waals surface area (Å²) in [6, 6.07) is 11.4. The fourth-order valence-electron chi connectivity index (χ4n) is 2.98. The third-order valence-corrected chi connectivity index (χ3v) is 4.73. The van der Waals surface area contributed by atoms with Gasteiger partial charge in [-0.15, -0.1) is 10.2 Å². The summed E-state index contributed by atoms with van der Waals surface area (Å²) >= 11 is 5.76. The molecule has 1 amide bonds.